The van der Waals surface area contributed by atoms with Crippen LogP contribution in [0.25, 0.3) is 0 Å². The van der Waals surface area contributed by atoms with Gasteiger partial charge in [-0.1, -0.05) is 23.2 Å². The number of halogens is 2. The fourth-order valence-corrected chi connectivity index (χ4v) is 2.24. The summed E-state index contributed by atoms with van der Waals surface area (Å²) < 4.78 is 1.78. The number of hydrogen-bond acceptors (Lipinski definition) is 2. The first kappa shape index (κ1) is 12.4. The molecular formula is C11H8Cl2N2OS. The Kier molecular flexibility index (Phi) is 3.66. The van der Waals surface area contributed by atoms with Gasteiger partial charge in [0.1, 0.15) is 0 Å². The van der Waals surface area contributed by atoms with Crippen LogP contribution in [-0.2, 0) is 7.05 Å². The number of nitrogens with zero attached hydrogens (tertiary/aromatic N) is 2. The predicted octanol–water partition coefficient (Wildman–Crippen LogP) is 3.13. The van der Waals surface area contributed by atoms with Crippen LogP contribution in [0.15, 0.2) is 34.8 Å². The molecule has 1 aromatic carbocycles. The van der Waals surface area contributed by atoms with Gasteiger partial charge in [-0.3, -0.25) is 4.79 Å². The van der Waals surface area contributed by atoms with Gasteiger partial charge >= 0.3 is 0 Å². The minimum absolute atomic E-state index is 0.332. The molecule has 0 radical (unpaired) electrons. The zero-order valence-electron chi connectivity index (χ0n) is 8.85. The van der Waals surface area contributed by atoms with E-state index in [2.05, 4.69) is 4.99 Å². The van der Waals surface area contributed by atoms with Crippen LogP contribution < -0.4 is 4.80 Å². The quantitative estimate of drug-likeness (QED) is 0.793. The Morgan fingerprint density at radius 3 is 2.71 bits per heavy atom. The average molecular weight is 287 g/mol. The molecule has 0 aliphatic heterocycles. The lowest BCUT2D eigenvalue weighted by atomic mass is 10.2. The summed E-state index contributed by atoms with van der Waals surface area (Å²) in [5.41, 5.74) is 0.424. The summed E-state index contributed by atoms with van der Waals surface area (Å²) in [6, 6.07) is 4.71. The van der Waals surface area contributed by atoms with Crippen molar-refractivity contribution in [3.05, 3.63) is 50.2 Å². The normalized spacial score (nSPS) is 11.8. The van der Waals surface area contributed by atoms with E-state index in [0.29, 0.717) is 20.4 Å². The van der Waals surface area contributed by atoms with E-state index in [0.717, 1.165) is 0 Å². The minimum atomic E-state index is -0.332. The fraction of sp³-hybridized carbons (Fsp3) is 0.0909. The second kappa shape index (κ2) is 5.04. The first-order chi connectivity index (χ1) is 8.08. The van der Waals surface area contributed by atoms with Crippen molar-refractivity contribution < 1.29 is 4.79 Å². The van der Waals surface area contributed by atoms with Crippen molar-refractivity contribution in [3.8, 4) is 0 Å². The molecule has 0 fully saturated rings. The van der Waals surface area contributed by atoms with Crippen LogP contribution in [0, 0.1) is 0 Å². The standard InChI is InChI=1S/C11H8Cl2N2OS/c1-15-4-5-17-11(15)14-10(16)7-2-3-8(12)9(13)6-7/h2-6H,1H3. The summed E-state index contributed by atoms with van der Waals surface area (Å²) in [5, 5.41) is 2.63. The zero-order valence-corrected chi connectivity index (χ0v) is 11.2. The second-order valence-electron chi connectivity index (χ2n) is 3.34. The van der Waals surface area contributed by atoms with Crippen molar-refractivity contribution in [3.63, 3.8) is 0 Å². The zero-order chi connectivity index (χ0) is 12.4. The number of rotatable bonds is 1. The SMILES string of the molecule is Cn1ccsc1=NC(=O)c1ccc(Cl)c(Cl)c1. The van der Waals surface area contributed by atoms with Gasteiger partial charge in [0.15, 0.2) is 4.80 Å². The van der Waals surface area contributed by atoms with E-state index >= 15 is 0 Å². The molecule has 0 unspecified atom stereocenters. The summed E-state index contributed by atoms with van der Waals surface area (Å²) in [7, 11) is 1.83. The Hall–Kier alpha value is -1.10. The minimum Gasteiger partial charge on any atom is -0.327 e. The van der Waals surface area contributed by atoms with Gasteiger partial charge in [0.05, 0.1) is 10.0 Å². The molecule has 1 amide bonds. The van der Waals surface area contributed by atoms with Crippen LogP contribution in [-0.4, -0.2) is 10.5 Å². The van der Waals surface area contributed by atoms with Crippen LogP contribution in [0.5, 0.6) is 0 Å². The third-order valence-electron chi connectivity index (χ3n) is 2.12. The van der Waals surface area contributed by atoms with Gasteiger partial charge in [0, 0.05) is 24.2 Å². The third-order valence-corrected chi connectivity index (χ3v) is 3.71. The summed E-state index contributed by atoms with van der Waals surface area (Å²) >= 11 is 13.0. The van der Waals surface area contributed by atoms with E-state index in [9.17, 15) is 4.79 Å². The van der Waals surface area contributed by atoms with Crippen molar-refractivity contribution in [2.24, 2.45) is 12.0 Å². The van der Waals surface area contributed by atoms with Crippen molar-refractivity contribution in [1.29, 1.82) is 0 Å². The highest BCUT2D eigenvalue weighted by atomic mass is 35.5. The molecule has 0 spiro atoms. The first-order valence-electron chi connectivity index (χ1n) is 4.72. The number of aryl methyl sites for hydroxylation is 1. The monoisotopic (exact) mass is 286 g/mol. The second-order valence-corrected chi connectivity index (χ2v) is 5.03. The summed E-state index contributed by atoms with van der Waals surface area (Å²) in [6.07, 6.45) is 1.84. The van der Waals surface area contributed by atoms with Gasteiger partial charge < -0.3 is 4.57 Å². The number of amides is 1. The Morgan fingerprint density at radius 1 is 1.35 bits per heavy atom. The van der Waals surface area contributed by atoms with E-state index in [1.807, 2.05) is 18.6 Å². The highest BCUT2D eigenvalue weighted by molar-refractivity contribution is 7.07. The fourth-order valence-electron chi connectivity index (χ4n) is 1.22. The highest BCUT2D eigenvalue weighted by Gasteiger charge is 2.07. The number of aromatic nitrogens is 1. The molecule has 88 valence electrons. The molecule has 0 atom stereocenters. The van der Waals surface area contributed by atoms with Gasteiger partial charge in [0.25, 0.3) is 5.91 Å². The van der Waals surface area contributed by atoms with Gasteiger partial charge in [-0.05, 0) is 18.2 Å². The van der Waals surface area contributed by atoms with Crippen molar-refractivity contribution in [2.45, 2.75) is 0 Å². The molecule has 1 aromatic heterocycles. The molecular weight excluding hydrogens is 279 g/mol. The Morgan fingerprint density at radius 2 is 2.12 bits per heavy atom. The molecule has 3 nitrogen and oxygen atoms in total. The molecule has 0 aliphatic rings. The van der Waals surface area contributed by atoms with Gasteiger partial charge in [0.2, 0.25) is 0 Å². The van der Waals surface area contributed by atoms with E-state index in [1.165, 1.54) is 17.4 Å². The molecule has 0 saturated heterocycles. The largest absolute Gasteiger partial charge is 0.327 e. The summed E-state index contributed by atoms with van der Waals surface area (Å²) in [6.45, 7) is 0. The molecule has 0 bridgehead atoms. The number of carbonyl (C=O) groups is 1. The van der Waals surface area contributed by atoms with Gasteiger partial charge in [-0.25, -0.2) is 0 Å². The molecule has 1 heterocycles. The maximum atomic E-state index is 11.9. The van der Waals surface area contributed by atoms with Crippen molar-refractivity contribution >= 4 is 40.4 Å². The van der Waals surface area contributed by atoms with Crippen LogP contribution in [0.2, 0.25) is 10.0 Å². The molecule has 6 heteroatoms. The number of carbonyl (C=O) groups excluding carboxylic acids is 1. The third kappa shape index (κ3) is 2.77. The smallest absolute Gasteiger partial charge is 0.279 e. The number of thiazole rings is 1. The van der Waals surface area contributed by atoms with Crippen molar-refractivity contribution in [2.75, 3.05) is 0 Å². The summed E-state index contributed by atoms with van der Waals surface area (Å²) in [5.74, 6) is -0.332. The molecule has 0 aliphatic carbocycles. The van der Waals surface area contributed by atoms with Gasteiger partial charge in [-0.15, -0.1) is 11.3 Å². The topological polar surface area (TPSA) is 34.4 Å². The molecule has 17 heavy (non-hydrogen) atoms. The van der Waals surface area contributed by atoms with Crippen LogP contribution in [0.3, 0.4) is 0 Å². The lowest BCUT2D eigenvalue weighted by Crippen LogP contribution is -2.12. The average Bonchev–Trinajstić information content (AvgIpc) is 2.68. The Balaban J connectivity index is 2.39. The Labute approximate surface area is 112 Å². The maximum Gasteiger partial charge on any atom is 0.279 e. The molecule has 2 rings (SSSR count). The van der Waals surface area contributed by atoms with Gasteiger partial charge in [-0.2, -0.15) is 4.99 Å². The molecule has 0 saturated carbocycles. The summed E-state index contributed by atoms with van der Waals surface area (Å²) in [4.78, 5) is 16.5. The molecule has 0 N–H and O–H groups in total. The highest BCUT2D eigenvalue weighted by Crippen LogP contribution is 2.22. The maximum absolute atomic E-state index is 11.9. The van der Waals surface area contributed by atoms with Crippen LogP contribution in [0.4, 0.5) is 0 Å². The number of benzene rings is 1. The lowest BCUT2D eigenvalue weighted by Gasteiger charge is -1.98. The Bertz CT molecular complexity index is 630. The van der Waals surface area contributed by atoms with Crippen LogP contribution in [0.1, 0.15) is 10.4 Å². The number of hydrogen-bond donors (Lipinski definition) is 0. The lowest BCUT2D eigenvalue weighted by molar-refractivity contribution is 0.0998. The van der Waals surface area contributed by atoms with E-state index in [4.69, 9.17) is 23.2 Å². The van der Waals surface area contributed by atoms with E-state index < -0.39 is 0 Å². The predicted molar refractivity (Wildman–Crippen MR) is 69.6 cm³/mol. The van der Waals surface area contributed by atoms with E-state index in [-0.39, 0.29) is 5.91 Å². The van der Waals surface area contributed by atoms with Crippen molar-refractivity contribution in [1.82, 2.24) is 4.57 Å². The van der Waals surface area contributed by atoms with Crippen LogP contribution >= 0.6 is 34.5 Å². The first-order valence-corrected chi connectivity index (χ1v) is 6.36. The van der Waals surface area contributed by atoms with E-state index in [1.54, 1.807) is 16.7 Å². The molecule has 2 aromatic rings.